The monoisotopic (exact) mass is 492 g/mol. The summed E-state index contributed by atoms with van der Waals surface area (Å²) in [5, 5.41) is 15.5. The summed E-state index contributed by atoms with van der Waals surface area (Å²) in [5.74, 6) is -1.20. The van der Waals surface area contributed by atoms with E-state index in [1.807, 2.05) is 30.3 Å². The Morgan fingerprint density at radius 3 is 2.17 bits per heavy atom. The Labute approximate surface area is 209 Å². The maximum Gasteiger partial charge on any atom is 0.412 e. The van der Waals surface area contributed by atoms with Crippen molar-refractivity contribution in [1.29, 1.82) is 0 Å². The third-order valence-corrected chi connectivity index (χ3v) is 4.78. The van der Waals surface area contributed by atoms with Crippen LogP contribution < -0.4 is 15.4 Å². The van der Waals surface area contributed by atoms with Crippen molar-refractivity contribution in [3.8, 4) is 11.5 Å². The number of amides is 2. The highest BCUT2D eigenvalue weighted by atomic mass is 16.6. The summed E-state index contributed by atoms with van der Waals surface area (Å²) in [4.78, 5) is 36.9. The average molecular weight is 493 g/mol. The number of phenolic OH excluding ortho intramolecular Hbond substituents is 1. The van der Waals surface area contributed by atoms with E-state index in [0.717, 1.165) is 5.56 Å². The van der Waals surface area contributed by atoms with Crippen LogP contribution in [0.2, 0.25) is 0 Å². The molecule has 0 saturated heterocycles. The number of carbonyl (C=O) groups is 3. The molecule has 36 heavy (non-hydrogen) atoms. The third kappa shape index (κ3) is 7.23. The second kappa shape index (κ2) is 11.3. The maximum absolute atomic E-state index is 12.9. The van der Waals surface area contributed by atoms with E-state index in [4.69, 9.17) is 9.47 Å². The molecule has 0 unspecified atom stereocenters. The maximum atomic E-state index is 12.9. The Balaban J connectivity index is 1.83. The highest BCUT2D eigenvalue weighted by Crippen LogP contribution is 2.30. The molecule has 0 saturated carbocycles. The van der Waals surface area contributed by atoms with Gasteiger partial charge in [-0.05, 0) is 62.7 Å². The molecule has 0 aromatic heterocycles. The zero-order valence-electron chi connectivity index (χ0n) is 20.5. The smallest absolute Gasteiger partial charge is 0.412 e. The second-order valence-electron chi connectivity index (χ2n) is 8.79. The summed E-state index contributed by atoms with van der Waals surface area (Å²) < 4.78 is 15.9. The molecule has 9 heteroatoms. The molecule has 0 aliphatic heterocycles. The van der Waals surface area contributed by atoms with Gasteiger partial charge in [0.1, 0.15) is 23.7 Å². The van der Waals surface area contributed by atoms with E-state index in [2.05, 4.69) is 15.4 Å². The summed E-state index contributed by atoms with van der Waals surface area (Å²) in [7, 11) is 1.23. The number of anilines is 2. The van der Waals surface area contributed by atoms with Crippen molar-refractivity contribution in [1.82, 2.24) is 0 Å². The molecule has 0 atom stereocenters. The Hall–Kier alpha value is -4.53. The standard InChI is InChI=1S/C27H28N2O7/c1-27(2,3)36-26(33)29-21-13-10-18(15-23(21)35-16-17-8-6-5-7-9-17)24(31)28-20-12-11-19(14-22(20)30)25(32)34-4/h5-15,30H,16H2,1-4H3,(H,28,31)(H,29,33). The molecule has 3 rings (SSSR count). The van der Waals surface area contributed by atoms with Gasteiger partial charge in [0.15, 0.2) is 0 Å². The van der Waals surface area contributed by atoms with Crippen molar-refractivity contribution >= 4 is 29.3 Å². The number of benzene rings is 3. The second-order valence-corrected chi connectivity index (χ2v) is 8.79. The Morgan fingerprint density at radius 2 is 1.53 bits per heavy atom. The lowest BCUT2D eigenvalue weighted by Gasteiger charge is -2.21. The first kappa shape index (κ1) is 26.1. The predicted molar refractivity (Wildman–Crippen MR) is 134 cm³/mol. The minimum absolute atomic E-state index is 0.107. The van der Waals surface area contributed by atoms with Crippen molar-refractivity contribution in [3.63, 3.8) is 0 Å². The van der Waals surface area contributed by atoms with Crippen LogP contribution in [-0.4, -0.2) is 35.8 Å². The van der Waals surface area contributed by atoms with Gasteiger partial charge in [-0.15, -0.1) is 0 Å². The van der Waals surface area contributed by atoms with Crippen LogP contribution in [-0.2, 0) is 16.1 Å². The number of nitrogens with one attached hydrogen (secondary N) is 2. The average Bonchev–Trinajstić information content (AvgIpc) is 2.83. The topological polar surface area (TPSA) is 123 Å². The Bertz CT molecular complexity index is 1250. The Morgan fingerprint density at radius 1 is 0.861 bits per heavy atom. The highest BCUT2D eigenvalue weighted by molar-refractivity contribution is 6.06. The van der Waals surface area contributed by atoms with Crippen LogP contribution in [0.4, 0.5) is 16.2 Å². The molecule has 0 aliphatic rings. The number of phenols is 1. The number of aromatic hydroxyl groups is 1. The van der Waals surface area contributed by atoms with Gasteiger partial charge in [0.05, 0.1) is 24.0 Å². The molecule has 0 radical (unpaired) electrons. The van der Waals surface area contributed by atoms with E-state index < -0.39 is 23.6 Å². The van der Waals surface area contributed by atoms with Crippen LogP contribution in [0.15, 0.2) is 66.7 Å². The summed E-state index contributed by atoms with van der Waals surface area (Å²) >= 11 is 0. The number of ether oxygens (including phenoxy) is 3. The number of esters is 1. The molecular weight excluding hydrogens is 464 g/mol. The van der Waals surface area contributed by atoms with E-state index in [0.29, 0.717) is 5.69 Å². The molecule has 0 aliphatic carbocycles. The number of hydrogen-bond donors (Lipinski definition) is 3. The summed E-state index contributed by atoms with van der Waals surface area (Å²) in [6.45, 7) is 5.45. The minimum Gasteiger partial charge on any atom is -0.506 e. The lowest BCUT2D eigenvalue weighted by atomic mass is 10.1. The third-order valence-electron chi connectivity index (χ3n) is 4.78. The van der Waals surface area contributed by atoms with Crippen molar-refractivity contribution < 1.29 is 33.7 Å². The first-order chi connectivity index (χ1) is 17.1. The highest BCUT2D eigenvalue weighted by Gasteiger charge is 2.19. The van der Waals surface area contributed by atoms with Crippen molar-refractivity contribution in [2.45, 2.75) is 33.0 Å². The quantitative estimate of drug-likeness (QED) is 0.300. The number of methoxy groups -OCH3 is 1. The fourth-order valence-electron chi connectivity index (χ4n) is 3.11. The van der Waals surface area contributed by atoms with Gasteiger partial charge in [0.2, 0.25) is 0 Å². The van der Waals surface area contributed by atoms with Gasteiger partial charge in [-0.25, -0.2) is 9.59 Å². The summed E-state index contributed by atoms with van der Waals surface area (Å²) in [5.41, 5.74) is 0.982. The summed E-state index contributed by atoms with van der Waals surface area (Å²) in [6, 6.07) is 17.9. The van der Waals surface area contributed by atoms with Crippen LogP contribution in [0.25, 0.3) is 0 Å². The van der Waals surface area contributed by atoms with Crippen molar-refractivity contribution in [2.24, 2.45) is 0 Å². The molecule has 188 valence electrons. The van der Waals surface area contributed by atoms with E-state index in [9.17, 15) is 19.5 Å². The van der Waals surface area contributed by atoms with Gasteiger partial charge in [-0.1, -0.05) is 30.3 Å². The zero-order valence-corrected chi connectivity index (χ0v) is 20.5. The SMILES string of the molecule is COC(=O)c1ccc(NC(=O)c2ccc(NC(=O)OC(C)(C)C)c(OCc3ccccc3)c2)c(O)c1. The van der Waals surface area contributed by atoms with Gasteiger partial charge in [0, 0.05) is 5.56 Å². The molecule has 2 amide bonds. The van der Waals surface area contributed by atoms with Gasteiger partial charge < -0.3 is 24.6 Å². The lowest BCUT2D eigenvalue weighted by molar-refractivity contribution is 0.0597. The van der Waals surface area contributed by atoms with E-state index in [1.165, 1.54) is 43.5 Å². The molecule has 3 aromatic rings. The van der Waals surface area contributed by atoms with Crippen LogP contribution in [0, 0.1) is 0 Å². The first-order valence-electron chi connectivity index (χ1n) is 11.1. The van der Waals surface area contributed by atoms with E-state index >= 15 is 0 Å². The molecule has 3 aromatic carbocycles. The largest absolute Gasteiger partial charge is 0.506 e. The predicted octanol–water partition coefficient (Wildman–Crippen LogP) is 5.36. The first-order valence-corrected chi connectivity index (χ1v) is 11.1. The molecule has 9 nitrogen and oxygen atoms in total. The molecular formula is C27H28N2O7. The van der Waals surface area contributed by atoms with E-state index in [1.54, 1.807) is 20.8 Å². The van der Waals surface area contributed by atoms with Gasteiger partial charge in [-0.3, -0.25) is 10.1 Å². The molecule has 0 fully saturated rings. The Kier molecular flexibility index (Phi) is 8.16. The fraction of sp³-hybridized carbons (Fsp3) is 0.222. The zero-order chi connectivity index (χ0) is 26.3. The summed E-state index contributed by atoms with van der Waals surface area (Å²) in [6.07, 6.45) is -0.667. The fourth-order valence-corrected chi connectivity index (χ4v) is 3.11. The van der Waals surface area contributed by atoms with Crippen LogP contribution >= 0.6 is 0 Å². The van der Waals surface area contributed by atoms with Crippen LogP contribution in [0.5, 0.6) is 11.5 Å². The molecule has 0 spiro atoms. The van der Waals surface area contributed by atoms with Gasteiger partial charge in [-0.2, -0.15) is 0 Å². The normalized spacial score (nSPS) is 10.8. The van der Waals surface area contributed by atoms with Crippen molar-refractivity contribution in [2.75, 3.05) is 17.7 Å². The molecule has 0 bridgehead atoms. The van der Waals surface area contributed by atoms with Crippen LogP contribution in [0.3, 0.4) is 0 Å². The van der Waals surface area contributed by atoms with Crippen molar-refractivity contribution in [3.05, 3.63) is 83.4 Å². The number of hydrogen-bond acceptors (Lipinski definition) is 7. The van der Waals surface area contributed by atoms with Crippen LogP contribution in [0.1, 0.15) is 47.1 Å². The van der Waals surface area contributed by atoms with Gasteiger partial charge in [0.25, 0.3) is 5.91 Å². The number of carbonyl (C=O) groups excluding carboxylic acids is 3. The molecule has 0 heterocycles. The number of rotatable bonds is 7. The van der Waals surface area contributed by atoms with E-state index in [-0.39, 0.29) is 34.9 Å². The lowest BCUT2D eigenvalue weighted by Crippen LogP contribution is -2.27. The molecule has 3 N–H and O–H groups in total. The minimum atomic E-state index is -0.694. The van der Waals surface area contributed by atoms with Gasteiger partial charge >= 0.3 is 12.1 Å².